The molecule has 0 unspecified atom stereocenters. The summed E-state index contributed by atoms with van der Waals surface area (Å²) in [6, 6.07) is 5.41. The third-order valence-electron chi connectivity index (χ3n) is 3.31. The lowest BCUT2D eigenvalue weighted by Crippen LogP contribution is -2.08. The zero-order valence-corrected chi connectivity index (χ0v) is 7.71. The van der Waals surface area contributed by atoms with Gasteiger partial charge < -0.3 is 10.4 Å². The predicted octanol–water partition coefficient (Wildman–Crippen LogP) is 1.84. The van der Waals surface area contributed by atoms with Crippen LogP contribution in [-0.4, -0.2) is 17.6 Å². The van der Waals surface area contributed by atoms with Crippen molar-refractivity contribution in [3.05, 3.63) is 29.3 Å². The minimum atomic E-state index is -0.855. The normalized spacial score (nSPS) is 20.3. The Kier molecular flexibility index (Phi) is 1.29. The topological polar surface area (TPSA) is 49.3 Å². The van der Waals surface area contributed by atoms with Crippen molar-refractivity contribution in [3.8, 4) is 0 Å². The van der Waals surface area contributed by atoms with Crippen LogP contribution >= 0.6 is 0 Å². The highest BCUT2D eigenvalue weighted by atomic mass is 16.4. The van der Waals surface area contributed by atoms with Crippen LogP contribution in [-0.2, 0) is 5.41 Å². The van der Waals surface area contributed by atoms with Gasteiger partial charge in [0.2, 0.25) is 0 Å². The fourth-order valence-electron chi connectivity index (χ4n) is 2.24. The van der Waals surface area contributed by atoms with E-state index in [4.69, 9.17) is 5.11 Å². The van der Waals surface area contributed by atoms with Gasteiger partial charge in [0.15, 0.2) is 0 Å². The largest absolute Gasteiger partial charge is 0.478 e. The van der Waals surface area contributed by atoms with Crippen molar-refractivity contribution in [2.75, 3.05) is 11.9 Å². The molecule has 1 heterocycles. The highest BCUT2D eigenvalue weighted by Crippen LogP contribution is 2.54. The zero-order chi connectivity index (χ0) is 9.76. The minimum Gasteiger partial charge on any atom is -0.478 e. The Bertz CT molecular complexity index is 421. The number of carbonyl (C=O) groups is 1. The van der Waals surface area contributed by atoms with E-state index in [0.717, 1.165) is 12.2 Å². The van der Waals surface area contributed by atoms with Crippen molar-refractivity contribution in [2.45, 2.75) is 18.3 Å². The maximum absolute atomic E-state index is 10.7. The van der Waals surface area contributed by atoms with Gasteiger partial charge in [0.25, 0.3) is 0 Å². The van der Waals surface area contributed by atoms with E-state index in [1.54, 1.807) is 12.1 Å². The van der Waals surface area contributed by atoms with Crippen LogP contribution in [0.2, 0.25) is 0 Å². The first kappa shape index (κ1) is 7.85. The maximum atomic E-state index is 10.7. The number of carboxylic acids is 1. The molecule has 2 N–H and O–H groups in total. The molecule has 72 valence electrons. The highest BCUT2D eigenvalue weighted by Gasteiger charge is 2.48. The average Bonchev–Trinajstić information content (AvgIpc) is 2.85. The Morgan fingerprint density at radius 2 is 2.21 bits per heavy atom. The number of hydrogen-bond acceptors (Lipinski definition) is 2. The molecule has 1 aromatic rings. The molecule has 0 radical (unpaired) electrons. The van der Waals surface area contributed by atoms with Crippen molar-refractivity contribution < 1.29 is 9.90 Å². The third-order valence-corrected chi connectivity index (χ3v) is 3.31. The summed E-state index contributed by atoms with van der Waals surface area (Å²) in [7, 11) is 0. The summed E-state index contributed by atoms with van der Waals surface area (Å²) < 4.78 is 0. The number of fused-ring (bicyclic) bond motifs is 2. The second kappa shape index (κ2) is 2.29. The van der Waals surface area contributed by atoms with E-state index in [9.17, 15) is 4.79 Å². The molecule has 1 aromatic carbocycles. The lowest BCUT2D eigenvalue weighted by atomic mass is 9.97. The number of carboxylic acid groups (broad SMARTS) is 1. The van der Waals surface area contributed by atoms with Gasteiger partial charge in [-0.05, 0) is 30.5 Å². The Labute approximate surface area is 81.8 Å². The van der Waals surface area contributed by atoms with E-state index in [2.05, 4.69) is 5.32 Å². The molecule has 3 rings (SSSR count). The zero-order valence-electron chi connectivity index (χ0n) is 7.71. The van der Waals surface area contributed by atoms with Crippen molar-refractivity contribution >= 4 is 11.7 Å². The standard InChI is InChI=1S/C11H11NO2/c13-10(14)7-1-2-8-9(5-7)12-6-11(8)3-4-11/h1-2,5,12H,3-4,6H2,(H,13,14). The molecular formula is C11H11NO2. The van der Waals surface area contributed by atoms with Crippen LogP contribution < -0.4 is 5.32 Å². The van der Waals surface area contributed by atoms with Crippen LogP contribution in [0.15, 0.2) is 18.2 Å². The van der Waals surface area contributed by atoms with Crippen molar-refractivity contribution in [3.63, 3.8) is 0 Å². The molecule has 0 aromatic heterocycles. The van der Waals surface area contributed by atoms with Crippen LogP contribution in [0.5, 0.6) is 0 Å². The number of aromatic carboxylic acids is 1. The second-order valence-electron chi connectivity index (χ2n) is 4.20. The molecule has 0 atom stereocenters. The molecule has 1 saturated carbocycles. The first-order valence-corrected chi connectivity index (χ1v) is 4.83. The van der Waals surface area contributed by atoms with Gasteiger partial charge in [-0.25, -0.2) is 4.79 Å². The van der Waals surface area contributed by atoms with Crippen LogP contribution in [0.4, 0.5) is 5.69 Å². The van der Waals surface area contributed by atoms with E-state index in [1.807, 2.05) is 6.07 Å². The molecule has 2 aliphatic rings. The predicted molar refractivity (Wildman–Crippen MR) is 52.8 cm³/mol. The molecule has 1 fully saturated rings. The second-order valence-corrected chi connectivity index (χ2v) is 4.20. The van der Waals surface area contributed by atoms with Gasteiger partial charge in [-0.15, -0.1) is 0 Å². The minimum absolute atomic E-state index is 0.354. The van der Waals surface area contributed by atoms with E-state index in [-0.39, 0.29) is 0 Å². The van der Waals surface area contributed by atoms with Crippen molar-refractivity contribution in [1.82, 2.24) is 0 Å². The highest BCUT2D eigenvalue weighted by molar-refractivity contribution is 5.89. The first-order valence-electron chi connectivity index (χ1n) is 4.83. The fraction of sp³-hybridized carbons (Fsp3) is 0.364. The number of benzene rings is 1. The lowest BCUT2D eigenvalue weighted by Gasteiger charge is -2.05. The molecule has 1 spiro atoms. The van der Waals surface area contributed by atoms with Gasteiger partial charge >= 0.3 is 5.97 Å². The van der Waals surface area contributed by atoms with Gasteiger partial charge in [0.05, 0.1) is 5.56 Å². The Morgan fingerprint density at radius 1 is 1.43 bits per heavy atom. The Hall–Kier alpha value is -1.51. The van der Waals surface area contributed by atoms with Crippen LogP contribution in [0.25, 0.3) is 0 Å². The SMILES string of the molecule is O=C(O)c1ccc2c(c1)NCC21CC1. The van der Waals surface area contributed by atoms with Gasteiger partial charge in [0.1, 0.15) is 0 Å². The smallest absolute Gasteiger partial charge is 0.335 e. The number of anilines is 1. The molecule has 14 heavy (non-hydrogen) atoms. The summed E-state index contributed by atoms with van der Waals surface area (Å²) in [5.41, 5.74) is 3.05. The van der Waals surface area contributed by atoms with Gasteiger partial charge in [0, 0.05) is 17.6 Å². The quantitative estimate of drug-likeness (QED) is 0.708. The van der Waals surface area contributed by atoms with E-state index in [1.165, 1.54) is 18.4 Å². The lowest BCUT2D eigenvalue weighted by molar-refractivity contribution is 0.0697. The summed E-state index contributed by atoms with van der Waals surface area (Å²) in [5, 5.41) is 12.1. The summed E-state index contributed by atoms with van der Waals surface area (Å²) in [4.78, 5) is 10.7. The van der Waals surface area contributed by atoms with E-state index < -0.39 is 5.97 Å². The van der Waals surface area contributed by atoms with E-state index >= 15 is 0 Å². The van der Waals surface area contributed by atoms with Gasteiger partial charge in [-0.2, -0.15) is 0 Å². The molecule has 0 saturated heterocycles. The van der Waals surface area contributed by atoms with Crippen LogP contribution in [0, 0.1) is 0 Å². The van der Waals surface area contributed by atoms with E-state index in [0.29, 0.717) is 11.0 Å². The van der Waals surface area contributed by atoms with Crippen molar-refractivity contribution in [1.29, 1.82) is 0 Å². The molecule has 3 nitrogen and oxygen atoms in total. The summed E-state index contributed by atoms with van der Waals surface area (Å²) in [6.45, 7) is 0.978. The number of nitrogens with one attached hydrogen (secondary N) is 1. The first-order chi connectivity index (χ1) is 6.71. The molecule has 0 amide bonds. The average molecular weight is 189 g/mol. The summed E-state index contributed by atoms with van der Waals surface area (Å²) in [5.74, 6) is -0.855. The molecule has 0 bridgehead atoms. The van der Waals surface area contributed by atoms with Crippen LogP contribution in [0.3, 0.4) is 0 Å². The molecule has 1 aliphatic heterocycles. The maximum Gasteiger partial charge on any atom is 0.335 e. The fourth-order valence-corrected chi connectivity index (χ4v) is 2.24. The third kappa shape index (κ3) is 0.895. The summed E-state index contributed by atoms with van der Waals surface area (Å²) >= 11 is 0. The Balaban J connectivity index is 2.09. The monoisotopic (exact) mass is 189 g/mol. The van der Waals surface area contributed by atoms with Gasteiger partial charge in [-0.1, -0.05) is 6.07 Å². The Morgan fingerprint density at radius 3 is 2.86 bits per heavy atom. The summed E-state index contributed by atoms with van der Waals surface area (Å²) in [6.07, 6.45) is 2.47. The van der Waals surface area contributed by atoms with Crippen molar-refractivity contribution in [2.24, 2.45) is 0 Å². The van der Waals surface area contributed by atoms with Crippen LogP contribution in [0.1, 0.15) is 28.8 Å². The van der Waals surface area contributed by atoms with Gasteiger partial charge in [-0.3, -0.25) is 0 Å². The molecule has 3 heteroatoms. The molecule has 1 aliphatic carbocycles. The number of rotatable bonds is 1. The molecular weight excluding hydrogens is 178 g/mol. The number of hydrogen-bond donors (Lipinski definition) is 2.